The van der Waals surface area contributed by atoms with Gasteiger partial charge in [0.25, 0.3) is 0 Å². The Kier molecular flexibility index (Phi) is 2.90. The van der Waals surface area contributed by atoms with E-state index in [0.29, 0.717) is 0 Å². The molecule has 0 aromatic carbocycles. The fraction of sp³-hybridized carbons (Fsp3) is 0.111. The number of hydrogen-bond acceptors (Lipinski definition) is 5. The average molecular weight is 223 g/mol. The number of hydrazone groups is 1. The summed E-state index contributed by atoms with van der Waals surface area (Å²) in [5.41, 5.74) is 3.90. The van der Waals surface area contributed by atoms with Crippen LogP contribution < -0.4 is 5.43 Å². The molecule has 2 aromatic heterocycles. The summed E-state index contributed by atoms with van der Waals surface area (Å²) in [5.74, 6) is 0. The summed E-state index contributed by atoms with van der Waals surface area (Å²) in [6.45, 7) is 1.98. The minimum atomic E-state index is 0.820. The SMILES string of the molecule is CC(=NNc1nccs1)c1cccs1. The van der Waals surface area contributed by atoms with Crippen LogP contribution in [-0.2, 0) is 0 Å². The molecule has 72 valence electrons. The third kappa shape index (κ3) is 2.18. The van der Waals surface area contributed by atoms with E-state index in [4.69, 9.17) is 0 Å². The molecule has 0 atom stereocenters. The second-order valence-electron chi connectivity index (χ2n) is 2.62. The van der Waals surface area contributed by atoms with Crippen molar-refractivity contribution in [2.24, 2.45) is 5.10 Å². The molecule has 0 bridgehead atoms. The number of hydrogen-bond donors (Lipinski definition) is 1. The van der Waals surface area contributed by atoms with Gasteiger partial charge in [-0.1, -0.05) is 6.07 Å². The lowest BCUT2D eigenvalue weighted by atomic mass is 10.3. The summed E-state index contributed by atoms with van der Waals surface area (Å²) >= 11 is 3.22. The smallest absolute Gasteiger partial charge is 0.203 e. The topological polar surface area (TPSA) is 37.3 Å². The highest BCUT2D eigenvalue weighted by molar-refractivity contribution is 7.13. The van der Waals surface area contributed by atoms with E-state index in [0.717, 1.165) is 10.8 Å². The first-order valence-corrected chi connectivity index (χ1v) is 5.86. The Morgan fingerprint density at radius 1 is 1.43 bits per heavy atom. The monoisotopic (exact) mass is 223 g/mol. The number of nitrogens with one attached hydrogen (secondary N) is 1. The van der Waals surface area contributed by atoms with Crippen molar-refractivity contribution in [1.29, 1.82) is 0 Å². The molecule has 0 aliphatic heterocycles. The van der Waals surface area contributed by atoms with Gasteiger partial charge in [0.05, 0.1) is 5.71 Å². The predicted molar refractivity (Wildman–Crippen MR) is 62.3 cm³/mol. The van der Waals surface area contributed by atoms with Gasteiger partial charge in [0.2, 0.25) is 5.13 Å². The number of thiazole rings is 1. The Labute approximate surface area is 90.1 Å². The van der Waals surface area contributed by atoms with Crippen LogP contribution in [0.2, 0.25) is 0 Å². The fourth-order valence-corrected chi connectivity index (χ4v) is 2.10. The van der Waals surface area contributed by atoms with Gasteiger partial charge in [-0.15, -0.1) is 22.7 Å². The minimum Gasteiger partial charge on any atom is -0.252 e. The molecular weight excluding hydrogens is 214 g/mol. The molecule has 0 aliphatic rings. The lowest BCUT2D eigenvalue weighted by Gasteiger charge is -1.96. The standard InChI is InChI=1S/C9H9N3S2/c1-7(8-3-2-5-13-8)11-12-9-10-4-6-14-9/h2-6H,1H3,(H,10,12). The van der Waals surface area contributed by atoms with Crippen molar-refractivity contribution in [1.82, 2.24) is 4.98 Å². The highest BCUT2D eigenvalue weighted by atomic mass is 32.1. The van der Waals surface area contributed by atoms with Crippen LogP contribution in [0.4, 0.5) is 5.13 Å². The maximum Gasteiger partial charge on any atom is 0.203 e. The molecule has 0 unspecified atom stereocenters. The van der Waals surface area contributed by atoms with E-state index in [-0.39, 0.29) is 0 Å². The molecule has 2 heterocycles. The molecule has 2 rings (SSSR count). The molecule has 0 fully saturated rings. The molecule has 0 saturated heterocycles. The third-order valence-electron chi connectivity index (χ3n) is 1.63. The number of rotatable bonds is 3. The van der Waals surface area contributed by atoms with Gasteiger partial charge < -0.3 is 0 Å². The molecule has 14 heavy (non-hydrogen) atoms. The number of thiophene rings is 1. The van der Waals surface area contributed by atoms with Crippen LogP contribution in [0.5, 0.6) is 0 Å². The van der Waals surface area contributed by atoms with Gasteiger partial charge in [0.1, 0.15) is 0 Å². The van der Waals surface area contributed by atoms with E-state index in [1.165, 1.54) is 16.2 Å². The Hall–Kier alpha value is -1.20. The Bertz CT molecular complexity index is 403. The van der Waals surface area contributed by atoms with Crippen molar-refractivity contribution in [2.45, 2.75) is 6.92 Å². The largest absolute Gasteiger partial charge is 0.252 e. The van der Waals surface area contributed by atoms with E-state index >= 15 is 0 Å². The minimum absolute atomic E-state index is 0.820. The predicted octanol–water partition coefficient (Wildman–Crippen LogP) is 3.04. The van der Waals surface area contributed by atoms with Crippen molar-refractivity contribution in [2.75, 3.05) is 5.43 Å². The zero-order chi connectivity index (χ0) is 9.80. The summed E-state index contributed by atoms with van der Waals surface area (Å²) in [6, 6.07) is 4.06. The quantitative estimate of drug-likeness (QED) is 0.641. The highest BCUT2D eigenvalue weighted by Crippen LogP contribution is 2.12. The molecule has 2 aromatic rings. The van der Waals surface area contributed by atoms with E-state index in [1.54, 1.807) is 17.5 Å². The number of anilines is 1. The van der Waals surface area contributed by atoms with Gasteiger partial charge in [0, 0.05) is 16.5 Å². The van der Waals surface area contributed by atoms with E-state index in [2.05, 4.69) is 15.5 Å². The Morgan fingerprint density at radius 2 is 2.36 bits per heavy atom. The molecule has 0 aliphatic carbocycles. The zero-order valence-corrected chi connectivity index (χ0v) is 9.23. The first kappa shape index (κ1) is 9.36. The van der Waals surface area contributed by atoms with E-state index in [1.807, 2.05) is 29.8 Å². The number of nitrogens with zero attached hydrogens (tertiary/aromatic N) is 2. The van der Waals surface area contributed by atoms with Crippen molar-refractivity contribution < 1.29 is 0 Å². The molecule has 0 saturated carbocycles. The lowest BCUT2D eigenvalue weighted by molar-refractivity contribution is 1.27. The third-order valence-corrected chi connectivity index (χ3v) is 3.29. The fourth-order valence-electron chi connectivity index (χ4n) is 0.950. The second-order valence-corrected chi connectivity index (χ2v) is 4.47. The normalized spacial score (nSPS) is 11.6. The average Bonchev–Trinajstić information content (AvgIpc) is 2.87. The van der Waals surface area contributed by atoms with Crippen LogP contribution in [0.25, 0.3) is 0 Å². The summed E-state index contributed by atoms with van der Waals surface area (Å²) in [7, 11) is 0. The molecular formula is C9H9N3S2. The lowest BCUT2D eigenvalue weighted by Crippen LogP contribution is -1.96. The molecule has 0 radical (unpaired) electrons. The van der Waals surface area contributed by atoms with Gasteiger partial charge in [-0.05, 0) is 18.4 Å². The van der Waals surface area contributed by atoms with E-state index < -0.39 is 0 Å². The van der Waals surface area contributed by atoms with Gasteiger partial charge in [-0.2, -0.15) is 5.10 Å². The summed E-state index contributed by atoms with van der Waals surface area (Å²) in [6.07, 6.45) is 1.75. The van der Waals surface area contributed by atoms with Gasteiger partial charge in [0.15, 0.2) is 0 Å². The Morgan fingerprint density at radius 3 is 3.00 bits per heavy atom. The van der Waals surface area contributed by atoms with E-state index in [9.17, 15) is 0 Å². The first-order chi connectivity index (χ1) is 6.86. The van der Waals surface area contributed by atoms with Crippen molar-refractivity contribution in [3.05, 3.63) is 34.0 Å². The molecule has 0 spiro atoms. The molecule has 3 nitrogen and oxygen atoms in total. The van der Waals surface area contributed by atoms with Crippen molar-refractivity contribution in [3.63, 3.8) is 0 Å². The maximum absolute atomic E-state index is 4.23. The van der Waals surface area contributed by atoms with Crippen molar-refractivity contribution >= 4 is 33.5 Å². The summed E-state index contributed by atoms with van der Waals surface area (Å²) < 4.78 is 0. The summed E-state index contributed by atoms with van der Waals surface area (Å²) in [4.78, 5) is 5.25. The van der Waals surface area contributed by atoms with Crippen LogP contribution in [0.1, 0.15) is 11.8 Å². The molecule has 0 amide bonds. The van der Waals surface area contributed by atoms with Gasteiger partial charge in [-0.25, -0.2) is 4.98 Å². The van der Waals surface area contributed by atoms with Crippen LogP contribution in [0.15, 0.2) is 34.2 Å². The maximum atomic E-state index is 4.23. The summed E-state index contributed by atoms with van der Waals surface area (Å²) in [5, 5.41) is 9.01. The molecule has 5 heteroatoms. The number of aromatic nitrogens is 1. The van der Waals surface area contributed by atoms with Crippen molar-refractivity contribution in [3.8, 4) is 0 Å². The van der Waals surface area contributed by atoms with Crippen LogP contribution in [-0.4, -0.2) is 10.7 Å². The van der Waals surface area contributed by atoms with Crippen LogP contribution >= 0.6 is 22.7 Å². The molecule has 1 N–H and O–H groups in total. The van der Waals surface area contributed by atoms with Crippen LogP contribution in [0, 0.1) is 0 Å². The first-order valence-electron chi connectivity index (χ1n) is 4.10. The van der Waals surface area contributed by atoms with Crippen LogP contribution in [0.3, 0.4) is 0 Å². The highest BCUT2D eigenvalue weighted by Gasteiger charge is 1.97. The van der Waals surface area contributed by atoms with Gasteiger partial charge in [-0.3, -0.25) is 5.43 Å². The zero-order valence-electron chi connectivity index (χ0n) is 7.60. The Balaban J connectivity index is 2.05. The van der Waals surface area contributed by atoms with Gasteiger partial charge >= 0.3 is 0 Å². The second kappa shape index (κ2) is 4.34.